The van der Waals surface area contributed by atoms with Crippen molar-refractivity contribution in [3.63, 3.8) is 0 Å². The molecule has 1 aliphatic carbocycles. The zero-order valence-corrected chi connectivity index (χ0v) is 24.4. The molecule has 4 aromatic rings. The second-order valence-electron chi connectivity index (χ2n) is 9.84. The summed E-state index contributed by atoms with van der Waals surface area (Å²) in [6, 6.07) is 11.4. The number of aromatic nitrogens is 2. The summed E-state index contributed by atoms with van der Waals surface area (Å²) < 4.78 is 10.7. The molecule has 40 heavy (non-hydrogen) atoms. The van der Waals surface area contributed by atoms with Crippen LogP contribution in [0.1, 0.15) is 58.9 Å². The fraction of sp³-hybridized carbons (Fsp3) is 0.290. The number of hydrogen-bond acceptors (Lipinski definition) is 8. The number of esters is 1. The van der Waals surface area contributed by atoms with E-state index in [0.717, 1.165) is 68.7 Å². The lowest BCUT2D eigenvalue weighted by atomic mass is 9.86. The first kappa shape index (κ1) is 27.8. The van der Waals surface area contributed by atoms with Crippen molar-refractivity contribution in [3.8, 4) is 16.9 Å². The Kier molecular flexibility index (Phi) is 8.19. The number of rotatable bonds is 8. The minimum absolute atomic E-state index is 0.0707. The van der Waals surface area contributed by atoms with Crippen molar-refractivity contribution in [2.75, 3.05) is 19.5 Å². The summed E-state index contributed by atoms with van der Waals surface area (Å²) in [6.45, 7) is 3.95. The van der Waals surface area contributed by atoms with Gasteiger partial charge < -0.3 is 14.8 Å². The molecule has 1 aliphatic rings. The highest BCUT2D eigenvalue weighted by atomic mass is 35.5. The summed E-state index contributed by atoms with van der Waals surface area (Å²) >= 11 is 8.05. The molecule has 2 atom stereocenters. The first-order chi connectivity index (χ1) is 19.3. The number of aryl methyl sites for hydroxylation is 1. The molecule has 0 amide bonds. The Morgan fingerprint density at radius 2 is 2.05 bits per heavy atom. The number of anilines is 1. The molecule has 1 N–H and O–H groups in total. The monoisotopic (exact) mass is 575 g/mol. The van der Waals surface area contributed by atoms with Gasteiger partial charge in [-0.25, -0.2) is 9.97 Å². The third kappa shape index (κ3) is 5.46. The molecule has 7 nitrogen and oxygen atoms in total. The van der Waals surface area contributed by atoms with Crippen molar-refractivity contribution in [2.24, 2.45) is 5.92 Å². The third-order valence-corrected chi connectivity index (χ3v) is 8.71. The molecule has 0 radical (unpaired) electrons. The number of halogens is 1. The summed E-state index contributed by atoms with van der Waals surface area (Å²) in [7, 11) is 3.09. The largest absolute Gasteiger partial charge is 0.496 e. The zero-order chi connectivity index (χ0) is 28.4. The Hall–Kier alpha value is -3.75. The van der Waals surface area contributed by atoms with Gasteiger partial charge in [-0.15, -0.1) is 11.3 Å². The number of ether oxygens (including phenoxy) is 2. The van der Waals surface area contributed by atoms with E-state index in [1.165, 1.54) is 7.11 Å². The molecule has 0 saturated carbocycles. The third-order valence-electron chi connectivity index (χ3n) is 7.28. The number of hydrogen-bond donors (Lipinski definition) is 1. The van der Waals surface area contributed by atoms with E-state index in [9.17, 15) is 9.59 Å². The van der Waals surface area contributed by atoms with Crippen molar-refractivity contribution < 1.29 is 19.1 Å². The molecule has 5 rings (SSSR count). The van der Waals surface area contributed by atoms with Crippen molar-refractivity contribution in [1.29, 1.82) is 0 Å². The number of benzene rings is 2. The minimum atomic E-state index is -0.168. The summed E-state index contributed by atoms with van der Waals surface area (Å²) in [5.74, 6) is 1.82. The van der Waals surface area contributed by atoms with Crippen LogP contribution >= 0.6 is 22.9 Å². The highest BCUT2D eigenvalue weighted by Gasteiger charge is 2.25. The summed E-state index contributed by atoms with van der Waals surface area (Å²) in [5, 5.41) is 7.03. The number of methoxy groups -OCH3 is 2. The number of aldehydes is 1. The fourth-order valence-corrected chi connectivity index (χ4v) is 6.39. The van der Waals surface area contributed by atoms with Gasteiger partial charge in [0, 0.05) is 38.0 Å². The van der Waals surface area contributed by atoms with Crippen LogP contribution in [0.3, 0.4) is 0 Å². The molecule has 0 fully saturated rings. The van der Waals surface area contributed by atoms with E-state index in [2.05, 4.69) is 35.4 Å². The Balaban J connectivity index is 1.48. The maximum Gasteiger partial charge on any atom is 0.308 e. The van der Waals surface area contributed by atoms with Crippen molar-refractivity contribution in [3.05, 3.63) is 74.7 Å². The highest BCUT2D eigenvalue weighted by molar-refractivity contribution is 7.10. The van der Waals surface area contributed by atoms with Gasteiger partial charge in [0.15, 0.2) is 6.29 Å². The number of nitrogens with one attached hydrogen (secondary N) is 1. The Morgan fingerprint density at radius 3 is 2.75 bits per heavy atom. The van der Waals surface area contributed by atoms with Crippen molar-refractivity contribution >= 4 is 57.5 Å². The van der Waals surface area contributed by atoms with Crippen LogP contribution in [0.2, 0.25) is 5.02 Å². The van der Waals surface area contributed by atoms with Gasteiger partial charge >= 0.3 is 5.97 Å². The van der Waals surface area contributed by atoms with E-state index in [0.29, 0.717) is 22.8 Å². The van der Waals surface area contributed by atoms with Crippen LogP contribution in [0.5, 0.6) is 5.75 Å². The molecular formula is C31H30ClN3O4S. The average Bonchev–Trinajstić information content (AvgIpc) is 3.46. The van der Waals surface area contributed by atoms with Gasteiger partial charge in [0.1, 0.15) is 17.4 Å². The van der Waals surface area contributed by atoms with E-state index in [1.54, 1.807) is 36.6 Å². The Labute approximate surface area is 242 Å². The maximum absolute atomic E-state index is 12.0. The highest BCUT2D eigenvalue weighted by Crippen LogP contribution is 2.40. The quantitative estimate of drug-likeness (QED) is 0.170. The van der Waals surface area contributed by atoms with Crippen LogP contribution in [0.25, 0.3) is 27.6 Å². The molecule has 0 spiro atoms. The van der Waals surface area contributed by atoms with Crippen LogP contribution in [0.4, 0.5) is 5.82 Å². The fourth-order valence-electron chi connectivity index (χ4n) is 5.19. The number of fused-ring (bicyclic) bond motifs is 1. The average molecular weight is 576 g/mol. The predicted molar refractivity (Wildman–Crippen MR) is 160 cm³/mol. The molecule has 2 aromatic heterocycles. The van der Waals surface area contributed by atoms with Gasteiger partial charge in [-0.1, -0.05) is 29.8 Å². The second-order valence-corrected chi connectivity index (χ2v) is 11.2. The van der Waals surface area contributed by atoms with Gasteiger partial charge in [-0.2, -0.15) is 0 Å². The summed E-state index contributed by atoms with van der Waals surface area (Å²) in [4.78, 5) is 34.1. The SMILES string of the molecule is COC(=O)C1CC=C(c2cc3c(N[C@H](C)c4cc(-c5c(Cl)cccc5C=O)cs4)nc(C)nc3cc2OC)CC1. The Morgan fingerprint density at radius 1 is 1.23 bits per heavy atom. The van der Waals surface area contributed by atoms with E-state index < -0.39 is 0 Å². The molecule has 0 aliphatic heterocycles. The van der Waals surface area contributed by atoms with Gasteiger partial charge in [0.05, 0.1) is 31.7 Å². The van der Waals surface area contributed by atoms with Gasteiger partial charge in [-0.3, -0.25) is 9.59 Å². The Bertz CT molecular complexity index is 1630. The van der Waals surface area contributed by atoms with E-state index >= 15 is 0 Å². The number of allylic oxidation sites excluding steroid dienone is 2. The standard InChI is InChI=1S/C31H30ClN3O4S/c1-17(28-12-22(16-40-28)29-21(15-36)6-5-7-25(29)32)33-30-24-13-23(19-8-10-20(11-9-19)31(37)39-4)27(38-3)14-26(24)34-18(2)35-30/h5-8,12-17,20H,9-11H2,1-4H3,(H,33,34,35)/t17-,20?/m1/s1. The van der Waals surface area contributed by atoms with Crippen molar-refractivity contribution in [1.82, 2.24) is 9.97 Å². The molecule has 0 bridgehead atoms. The molecule has 1 unspecified atom stereocenters. The second kappa shape index (κ2) is 11.8. The van der Waals surface area contributed by atoms with Gasteiger partial charge in [0.2, 0.25) is 0 Å². The van der Waals surface area contributed by atoms with Gasteiger partial charge in [-0.05, 0) is 67.8 Å². The molecule has 2 aromatic carbocycles. The van der Waals surface area contributed by atoms with Crippen LogP contribution in [-0.4, -0.2) is 36.4 Å². The topological polar surface area (TPSA) is 90.4 Å². The van der Waals surface area contributed by atoms with Crippen molar-refractivity contribution in [2.45, 2.75) is 39.2 Å². The van der Waals surface area contributed by atoms with Crippen LogP contribution < -0.4 is 10.1 Å². The number of nitrogens with zero attached hydrogens (tertiary/aromatic N) is 2. The first-order valence-corrected chi connectivity index (χ1v) is 14.3. The predicted octanol–water partition coefficient (Wildman–Crippen LogP) is 7.67. The summed E-state index contributed by atoms with van der Waals surface area (Å²) in [5.41, 5.74) is 5.10. The van der Waals surface area contributed by atoms with E-state index in [4.69, 9.17) is 26.1 Å². The molecular weight excluding hydrogens is 546 g/mol. The first-order valence-electron chi connectivity index (χ1n) is 13.1. The summed E-state index contributed by atoms with van der Waals surface area (Å²) in [6.07, 6.45) is 5.04. The van der Waals surface area contributed by atoms with E-state index in [-0.39, 0.29) is 17.9 Å². The molecule has 2 heterocycles. The number of carbonyl (C=O) groups excluding carboxylic acids is 2. The normalized spacial score (nSPS) is 15.8. The number of carbonyl (C=O) groups is 2. The lowest BCUT2D eigenvalue weighted by molar-refractivity contribution is -0.145. The van der Waals surface area contributed by atoms with E-state index in [1.807, 2.05) is 18.4 Å². The number of thiophene rings is 1. The zero-order valence-electron chi connectivity index (χ0n) is 22.8. The van der Waals surface area contributed by atoms with Crippen LogP contribution in [0, 0.1) is 12.8 Å². The van der Waals surface area contributed by atoms with Crippen LogP contribution in [-0.2, 0) is 9.53 Å². The lowest BCUT2D eigenvalue weighted by Crippen LogP contribution is -2.18. The molecule has 206 valence electrons. The maximum atomic E-state index is 12.0. The van der Waals surface area contributed by atoms with Crippen LogP contribution in [0.15, 0.2) is 47.9 Å². The van der Waals surface area contributed by atoms with Gasteiger partial charge in [0.25, 0.3) is 0 Å². The smallest absolute Gasteiger partial charge is 0.308 e. The molecule has 0 saturated heterocycles. The minimum Gasteiger partial charge on any atom is -0.496 e. The lowest BCUT2D eigenvalue weighted by Gasteiger charge is -2.22. The molecule has 9 heteroatoms.